The molecule has 0 atom stereocenters. The van der Waals surface area contributed by atoms with Gasteiger partial charge in [0.2, 0.25) is 5.78 Å². The van der Waals surface area contributed by atoms with Gasteiger partial charge in [0.05, 0.1) is 23.5 Å². The van der Waals surface area contributed by atoms with E-state index in [9.17, 15) is 9.59 Å². The van der Waals surface area contributed by atoms with Crippen molar-refractivity contribution in [3.05, 3.63) is 97.0 Å². The van der Waals surface area contributed by atoms with Crippen LogP contribution in [-0.2, 0) is 14.3 Å². The minimum atomic E-state index is -0.663. The summed E-state index contributed by atoms with van der Waals surface area (Å²) in [5.74, 6) is -1.05. The van der Waals surface area contributed by atoms with E-state index in [0.29, 0.717) is 21.4 Å². The van der Waals surface area contributed by atoms with Gasteiger partial charge in [-0.2, -0.15) is 0 Å². The van der Waals surface area contributed by atoms with Crippen molar-refractivity contribution in [2.45, 2.75) is 20.8 Å². The number of carbonyl (C=O) groups excluding carboxylic acids is 2. The van der Waals surface area contributed by atoms with Crippen molar-refractivity contribution in [1.29, 1.82) is 0 Å². The Kier molecular flexibility index (Phi) is 6.76. The molecule has 0 radical (unpaired) electrons. The largest absolute Gasteiger partial charge is 0.465 e. The predicted octanol–water partition coefficient (Wildman–Crippen LogP) is 7.04. The highest BCUT2D eigenvalue weighted by Gasteiger charge is 2.38. The van der Waals surface area contributed by atoms with Crippen LogP contribution >= 0.6 is 39.1 Å². The second kappa shape index (κ2) is 9.45. The van der Waals surface area contributed by atoms with Crippen molar-refractivity contribution in [3.8, 4) is 5.69 Å². The number of ketones is 1. The van der Waals surface area contributed by atoms with E-state index >= 15 is 0 Å². The van der Waals surface area contributed by atoms with Crippen molar-refractivity contribution in [1.82, 2.24) is 4.57 Å². The number of halogens is 3. The van der Waals surface area contributed by atoms with Gasteiger partial charge in [-0.25, -0.2) is 4.79 Å². The third kappa shape index (κ3) is 4.22. The third-order valence-corrected chi connectivity index (χ3v) is 6.87. The molecule has 5 nitrogen and oxygen atoms in total. The standard InChI is InChI=1S/C26H21BrCl2N2O3/c1-14-11-17(15(2)30(14)22-13-19(28)7-10-21(22)29)12-23-25(32)24(26(33)34-4)16(3)31(23)20-8-5-18(27)6-9-20/h5-13H,1-4H3/b23-12-. The minimum absolute atomic E-state index is 0.0170. The minimum Gasteiger partial charge on any atom is -0.465 e. The molecular weight excluding hydrogens is 539 g/mol. The van der Waals surface area contributed by atoms with Gasteiger partial charge in [0.1, 0.15) is 5.57 Å². The van der Waals surface area contributed by atoms with E-state index in [2.05, 4.69) is 15.9 Å². The molecule has 0 unspecified atom stereocenters. The van der Waals surface area contributed by atoms with Gasteiger partial charge in [0.25, 0.3) is 0 Å². The molecule has 0 fully saturated rings. The summed E-state index contributed by atoms with van der Waals surface area (Å²) in [6, 6.07) is 14.8. The van der Waals surface area contributed by atoms with Crippen LogP contribution in [-0.4, -0.2) is 23.4 Å². The van der Waals surface area contributed by atoms with Crippen LogP contribution in [0.2, 0.25) is 10.0 Å². The normalized spacial score (nSPS) is 15.0. The first-order valence-corrected chi connectivity index (χ1v) is 11.9. The Bertz CT molecular complexity index is 1390. The molecule has 1 aromatic heterocycles. The molecule has 8 heteroatoms. The molecule has 0 spiro atoms. The number of ether oxygens (including phenoxy) is 1. The number of aromatic nitrogens is 1. The Labute approximate surface area is 216 Å². The van der Waals surface area contributed by atoms with E-state index < -0.39 is 11.8 Å². The molecule has 34 heavy (non-hydrogen) atoms. The van der Waals surface area contributed by atoms with Crippen molar-refractivity contribution < 1.29 is 14.3 Å². The van der Waals surface area contributed by atoms with Crippen molar-refractivity contribution in [2.24, 2.45) is 0 Å². The lowest BCUT2D eigenvalue weighted by Crippen LogP contribution is -2.18. The quantitative estimate of drug-likeness (QED) is 0.195. The maximum Gasteiger partial charge on any atom is 0.343 e. The van der Waals surface area contributed by atoms with E-state index in [1.54, 1.807) is 36.1 Å². The number of methoxy groups -OCH3 is 1. The van der Waals surface area contributed by atoms with E-state index in [1.807, 2.05) is 48.7 Å². The van der Waals surface area contributed by atoms with E-state index in [-0.39, 0.29) is 5.57 Å². The number of carbonyl (C=O) groups is 2. The number of Topliss-reactive ketones (excluding diaryl/α,β-unsaturated/α-hetero) is 1. The molecule has 0 saturated carbocycles. The van der Waals surface area contributed by atoms with Crippen LogP contribution in [0.5, 0.6) is 0 Å². The lowest BCUT2D eigenvalue weighted by molar-refractivity contribution is -0.137. The highest BCUT2D eigenvalue weighted by Crippen LogP contribution is 2.37. The summed E-state index contributed by atoms with van der Waals surface area (Å²) in [6.07, 6.45) is 1.79. The van der Waals surface area contributed by atoms with Crippen molar-refractivity contribution in [3.63, 3.8) is 0 Å². The van der Waals surface area contributed by atoms with Crippen LogP contribution in [0.3, 0.4) is 0 Å². The van der Waals surface area contributed by atoms with E-state index in [0.717, 1.165) is 32.8 Å². The average Bonchev–Trinajstić information content (AvgIpc) is 3.21. The smallest absolute Gasteiger partial charge is 0.343 e. The molecule has 0 bridgehead atoms. The molecule has 1 aliphatic rings. The number of rotatable bonds is 4. The summed E-state index contributed by atoms with van der Waals surface area (Å²) < 4.78 is 7.79. The van der Waals surface area contributed by atoms with Crippen molar-refractivity contribution in [2.75, 3.05) is 12.0 Å². The molecule has 2 aromatic carbocycles. The molecule has 0 amide bonds. The number of allylic oxidation sites excluding steroid dienone is 2. The lowest BCUT2D eigenvalue weighted by Gasteiger charge is -2.21. The highest BCUT2D eigenvalue weighted by atomic mass is 79.9. The maximum atomic E-state index is 13.4. The summed E-state index contributed by atoms with van der Waals surface area (Å²) in [7, 11) is 1.27. The predicted molar refractivity (Wildman–Crippen MR) is 140 cm³/mol. The topological polar surface area (TPSA) is 51.5 Å². The highest BCUT2D eigenvalue weighted by molar-refractivity contribution is 9.10. The van der Waals surface area contributed by atoms with Crippen LogP contribution in [0.4, 0.5) is 5.69 Å². The zero-order valence-corrected chi connectivity index (χ0v) is 22.0. The summed E-state index contributed by atoms with van der Waals surface area (Å²) in [6.45, 7) is 5.64. The Hall–Kier alpha value is -2.80. The van der Waals surface area contributed by atoms with Crippen LogP contribution in [0.1, 0.15) is 23.9 Å². The van der Waals surface area contributed by atoms with Gasteiger partial charge in [-0.15, -0.1) is 0 Å². The fourth-order valence-corrected chi connectivity index (χ4v) is 4.82. The average molecular weight is 560 g/mol. The second-order valence-corrected chi connectivity index (χ2v) is 9.64. The number of nitrogens with zero attached hydrogens (tertiary/aromatic N) is 2. The summed E-state index contributed by atoms with van der Waals surface area (Å²) in [5, 5.41) is 1.13. The number of hydrogen-bond donors (Lipinski definition) is 0. The third-order valence-electron chi connectivity index (χ3n) is 5.78. The number of anilines is 1. The molecule has 1 aliphatic heterocycles. The summed E-state index contributed by atoms with van der Waals surface area (Å²) >= 11 is 16.1. The van der Waals surface area contributed by atoms with Gasteiger partial charge < -0.3 is 14.2 Å². The molecule has 0 saturated heterocycles. The van der Waals surface area contributed by atoms with Crippen molar-refractivity contribution >= 4 is 62.6 Å². The molecule has 0 aliphatic carbocycles. The van der Waals surface area contributed by atoms with Crippen LogP contribution in [0, 0.1) is 13.8 Å². The van der Waals surface area contributed by atoms with Gasteiger partial charge in [-0.05, 0) is 80.9 Å². The number of aryl methyl sites for hydroxylation is 1. The van der Waals surface area contributed by atoms with Gasteiger partial charge >= 0.3 is 5.97 Å². The van der Waals surface area contributed by atoms with Gasteiger partial charge in [-0.1, -0.05) is 39.1 Å². The molecule has 0 N–H and O–H groups in total. The number of hydrogen-bond acceptors (Lipinski definition) is 4. The zero-order valence-electron chi connectivity index (χ0n) is 18.9. The zero-order chi connectivity index (χ0) is 24.7. The molecule has 3 aromatic rings. The maximum absolute atomic E-state index is 13.4. The number of benzene rings is 2. The van der Waals surface area contributed by atoms with Gasteiger partial charge in [0.15, 0.2) is 0 Å². The van der Waals surface area contributed by atoms with E-state index in [1.165, 1.54) is 7.11 Å². The Morgan fingerprint density at radius 3 is 2.35 bits per heavy atom. The molecular formula is C26H21BrCl2N2O3. The second-order valence-electron chi connectivity index (χ2n) is 7.88. The van der Waals surface area contributed by atoms with Crippen LogP contribution < -0.4 is 4.90 Å². The van der Waals surface area contributed by atoms with Gasteiger partial charge in [0, 0.05) is 32.3 Å². The lowest BCUT2D eigenvalue weighted by atomic mass is 10.1. The summed E-state index contributed by atoms with van der Waals surface area (Å²) in [4.78, 5) is 27.6. The first kappa shape index (κ1) is 24.3. The SMILES string of the molecule is COC(=O)C1=C(C)N(c2ccc(Br)cc2)/C(=C\c2cc(C)n(-c3cc(Cl)ccc3Cl)c2C)C1=O. The first-order chi connectivity index (χ1) is 16.1. The monoisotopic (exact) mass is 558 g/mol. The molecule has 174 valence electrons. The van der Waals surface area contributed by atoms with E-state index in [4.69, 9.17) is 27.9 Å². The fraction of sp³-hybridized carbons (Fsp3) is 0.154. The fourth-order valence-electron chi connectivity index (χ4n) is 4.19. The Balaban J connectivity index is 1.89. The Morgan fingerprint density at radius 1 is 1.03 bits per heavy atom. The summed E-state index contributed by atoms with van der Waals surface area (Å²) in [5.41, 5.74) is 5.01. The molecule has 2 heterocycles. The first-order valence-electron chi connectivity index (χ1n) is 10.4. The number of esters is 1. The Morgan fingerprint density at radius 2 is 1.71 bits per heavy atom. The van der Waals surface area contributed by atoms with Gasteiger partial charge in [-0.3, -0.25) is 4.79 Å². The van der Waals surface area contributed by atoms with Crippen LogP contribution in [0.25, 0.3) is 11.8 Å². The van der Waals surface area contributed by atoms with Crippen LogP contribution in [0.15, 0.2) is 70.0 Å². The molecule has 4 rings (SSSR count).